The summed E-state index contributed by atoms with van der Waals surface area (Å²) in [5.41, 5.74) is 1.20. The van der Waals surface area contributed by atoms with E-state index in [0.717, 1.165) is 17.4 Å². The van der Waals surface area contributed by atoms with Gasteiger partial charge in [-0.25, -0.2) is 0 Å². The Kier molecular flexibility index (Phi) is 6.96. The van der Waals surface area contributed by atoms with Gasteiger partial charge in [0.1, 0.15) is 0 Å². The summed E-state index contributed by atoms with van der Waals surface area (Å²) in [4.78, 5) is 0. The Labute approximate surface area is 116 Å². The van der Waals surface area contributed by atoms with Crippen LogP contribution >= 0.6 is 12.6 Å². The van der Waals surface area contributed by atoms with E-state index in [4.69, 9.17) is 13.3 Å². The van der Waals surface area contributed by atoms with Crippen molar-refractivity contribution >= 4 is 26.6 Å². The second-order valence-corrected chi connectivity index (χ2v) is 6.84. The number of aryl methyl sites for hydroxylation is 1. The average molecular weight is 286 g/mol. The van der Waals surface area contributed by atoms with Gasteiger partial charge in [-0.05, 0) is 31.6 Å². The first-order valence-electron chi connectivity index (χ1n) is 6.26. The SMILES string of the molecule is CCO[Si](OC)(OCC)c1ccccc1CCS. The predicted octanol–water partition coefficient (Wildman–Crippen LogP) is 2.02. The van der Waals surface area contributed by atoms with Crippen LogP contribution in [0.2, 0.25) is 0 Å². The van der Waals surface area contributed by atoms with E-state index in [-0.39, 0.29) is 0 Å². The first-order valence-corrected chi connectivity index (χ1v) is 8.62. The van der Waals surface area contributed by atoms with Crippen molar-refractivity contribution in [3.05, 3.63) is 29.8 Å². The average Bonchev–Trinajstić information content (AvgIpc) is 2.39. The van der Waals surface area contributed by atoms with Crippen LogP contribution in [-0.4, -0.2) is 34.9 Å². The van der Waals surface area contributed by atoms with Gasteiger partial charge in [-0.3, -0.25) is 0 Å². The first-order chi connectivity index (χ1) is 8.74. The second kappa shape index (κ2) is 7.96. The fourth-order valence-electron chi connectivity index (χ4n) is 1.96. The summed E-state index contributed by atoms with van der Waals surface area (Å²) in [5, 5.41) is 1.06. The van der Waals surface area contributed by atoms with Crippen LogP contribution < -0.4 is 5.19 Å². The van der Waals surface area contributed by atoms with E-state index in [0.29, 0.717) is 13.2 Å². The lowest BCUT2D eigenvalue weighted by atomic mass is 10.2. The molecule has 0 spiro atoms. The zero-order chi connectivity index (χ0) is 13.4. The molecule has 1 rings (SSSR count). The number of hydrogen-bond acceptors (Lipinski definition) is 4. The molecule has 0 saturated carbocycles. The van der Waals surface area contributed by atoms with Crippen LogP contribution in [0.5, 0.6) is 0 Å². The van der Waals surface area contributed by atoms with Crippen LogP contribution in [0, 0.1) is 0 Å². The molecule has 0 radical (unpaired) electrons. The summed E-state index contributed by atoms with van der Waals surface area (Å²) in [7, 11) is -1.10. The fraction of sp³-hybridized carbons (Fsp3) is 0.538. The fourth-order valence-corrected chi connectivity index (χ4v) is 4.72. The van der Waals surface area contributed by atoms with Crippen molar-refractivity contribution in [1.82, 2.24) is 0 Å². The quantitative estimate of drug-likeness (QED) is 0.585. The van der Waals surface area contributed by atoms with Crippen molar-refractivity contribution in [3.8, 4) is 0 Å². The largest absolute Gasteiger partial charge is 0.537 e. The highest BCUT2D eigenvalue weighted by atomic mass is 32.1. The molecule has 0 aromatic heterocycles. The minimum Gasteiger partial charge on any atom is -0.373 e. The van der Waals surface area contributed by atoms with Crippen molar-refractivity contribution < 1.29 is 13.3 Å². The molecule has 0 fully saturated rings. The Morgan fingerprint density at radius 3 is 2.22 bits per heavy atom. The van der Waals surface area contributed by atoms with Gasteiger partial charge in [-0.1, -0.05) is 24.3 Å². The molecule has 102 valence electrons. The van der Waals surface area contributed by atoms with Crippen molar-refractivity contribution in [3.63, 3.8) is 0 Å². The van der Waals surface area contributed by atoms with Gasteiger partial charge in [-0.15, -0.1) is 0 Å². The Morgan fingerprint density at radius 2 is 1.72 bits per heavy atom. The number of benzene rings is 1. The molecule has 0 heterocycles. The Balaban J connectivity index is 3.18. The molecule has 0 bridgehead atoms. The normalized spacial score (nSPS) is 11.8. The number of thiol groups is 1. The van der Waals surface area contributed by atoms with Gasteiger partial charge in [0.2, 0.25) is 0 Å². The molecule has 0 saturated heterocycles. The van der Waals surface area contributed by atoms with Crippen LogP contribution in [-0.2, 0) is 19.7 Å². The van der Waals surface area contributed by atoms with Gasteiger partial charge in [0.25, 0.3) is 0 Å². The lowest BCUT2D eigenvalue weighted by Crippen LogP contribution is -2.57. The number of rotatable bonds is 8. The minimum atomic E-state index is -2.76. The maximum atomic E-state index is 5.86. The van der Waals surface area contributed by atoms with Crippen molar-refractivity contribution in [1.29, 1.82) is 0 Å². The van der Waals surface area contributed by atoms with E-state index < -0.39 is 8.80 Å². The van der Waals surface area contributed by atoms with Gasteiger partial charge < -0.3 is 13.3 Å². The van der Waals surface area contributed by atoms with Gasteiger partial charge in [0, 0.05) is 25.5 Å². The molecule has 0 unspecified atom stereocenters. The third-order valence-corrected chi connectivity index (χ3v) is 5.91. The van der Waals surface area contributed by atoms with Crippen LogP contribution in [0.3, 0.4) is 0 Å². The summed E-state index contributed by atoms with van der Waals surface area (Å²) in [6.07, 6.45) is 0.886. The third-order valence-electron chi connectivity index (χ3n) is 2.67. The highest BCUT2D eigenvalue weighted by Gasteiger charge is 2.43. The maximum Gasteiger partial charge on any atom is 0.537 e. The lowest BCUT2D eigenvalue weighted by molar-refractivity contribution is 0.102. The molecule has 5 heteroatoms. The monoisotopic (exact) mass is 286 g/mol. The maximum absolute atomic E-state index is 5.86. The van der Waals surface area contributed by atoms with Gasteiger partial charge in [-0.2, -0.15) is 12.6 Å². The van der Waals surface area contributed by atoms with E-state index in [1.54, 1.807) is 7.11 Å². The zero-order valence-corrected chi connectivity index (χ0v) is 13.2. The van der Waals surface area contributed by atoms with Gasteiger partial charge in [0.15, 0.2) is 0 Å². The second-order valence-electron chi connectivity index (χ2n) is 3.76. The molecule has 0 atom stereocenters. The zero-order valence-electron chi connectivity index (χ0n) is 11.3. The van der Waals surface area contributed by atoms with E-state index >= 15 is 0 Å². The predicted molar refractivity (Wildman–Crippen MR) is 79.6 cm³/mol. The van der Waals surface area contributed by atoms with Gasteiger partial charge in [0.05, 0.1) is 0 Å². The molecule has 0 aliphatic rings. The van der Waals surface area contributed by atoms with E-state index in [9.17, 15) is 0 Å². The summed E-state index contributed by atoms with van der Waals surface area (Å²) >= 11 is 4.30. The van der Waals surface area contributed by atoms with Crippen molar-refractivity contribution in [2.24, 2.45) is 0 Å². The van der Waals surface area contributed by atoms with E-state index in [1.807, 2.05) is 32.0 Å². The van der Waals surface area contributed by atoms with Crippen LogP contribution in [0.25, 0.3) is 0 Å². The molecule has 0 aliphatic heterocycles. The molecule has 1 aromatic carbocycles. The Hall–Kier alpha value is -0.333. The highest BCUT2D eigenvalue weighted by Crippen LogP contribution is 2.13. The van der Waals surface area contributed by atoms with E-state index in [2.05, 4.69) is 18.7 Å². The summed E-state index contributed by atoms with van der Waals surface area (Å²) in [5.74, 6) is 0.795. The Bertz CT molecular complexity index is 354. The highest BCUT2D eigenvalue weighted by molar-refractivity contribution is 7.80. The molecule has 0 aliphatic carbocycles. The molecule has 1 aromatic rings. The van der Waals surface area contributed by atoms with Crippen LogP contribution in [0.4, 0.5) is 0 Å². The summed E-state index contributed by atoms with van der Waals surface area (Å²) in [6.45, 7) is 5.08. The lowest BCUT2D eigenvalue weighted by Gasteiger charge is -2.29. The van der Waals surface area contributed by atoms with Crippen LogP contribution in [0.1, 0.15) is 19.4 Å². The first kappa shape index (κ1) is 15.7. The molecule has 3 nitrogen and oxygen atoms in total. The van der Waals surface area contributed by atoms with Gasteiger partial charge >= 0.3 is 8.80 Å². The third kappa shape index (κ3) is 3.58. The minimum absolute atomic E-state index is 0.579. The molecule has 18 heavy (non-hydrogen) atoms. The topological polar surface area (TPSA) is 27.7 Å². The molecule has 0 N–H and O–H groups in total. The Morgan fingerprint density at radius 1 is 1.11 bits per heavy atom. The molecule has 0 amide bonds. The summed E-state index contributed by atoms with van der Waals surface area (Å²) in [6, 6.07) is 8.15. The molecular formula is C13H22O3SSi. The smallest absolute Gasteiger partial charge is 0.373 e. The van der Waals surface area contributed by atoms with Crippen molar-refractivity contribution in [2.75, 3.05) is 26.1 Å². The standard InChI is InChI=1S/C13H22O3SSi/c1-4-15-18(14-3,16-5-2)13-9-7-6-8-12(13)10-11-17/h6-9,17H,4-5,10-11H2,1-3H3. The van der Waals surface area contributed by atoms with E-state index in [1.165, 1.54) is 5.56 Å². The number of hydrogen-bond donors (Lipinski definition) is 1. The molecular weight excluding hydrogens is 264 g/mol. The van der Waals surface area contributed by atoms with Crippen molar-refractivity contribution in [2.45, 2.75) is 20.3 Å². The summed E-state index contributed by atoms with van der Waals surface area (Å²) < 4.78 is 17.4. The van der Waals surface area contributed by atoms with Crippen LogP contribution in [0.15, 0.2) is 24.3 Å².